The van der Waals surface area contributed by atoms with Gasteiger partial charge in [0.2, 0.25) is 0 Å². The average Bonchev–Trinajstić information content (AvgIpc) is 2.75. The molecule has 0 saturated carbocycles. The Kier molecular flexibility index (Phi) is 7.45. The van der Waals surface area contributed by atoms with Crippen LogP contribution in [-0.4, -0.2) is 6.61 Å². The van der Waals surface area contributed by atoms with Crippen LogP contribution in [0.3, 0.4) is 0 Å². The van der Waals surface area contributed by atoms with Crippen molar-refractivity contribution in [2.45, 2.75) is 45.6 Å². The molecule has 0 heterocycles. The number of ether oxygens (including phenoxy) is 2. The Morgan fingerprint density at radius 3 is 1.60 bits per heavy atom. The highest BCUT2D eigenvalue weighted by Gasteiger charge is 2.34. The van der Waals surface area contributed by atoms with E-state index in [0.29, 0.717) is 12.4 Å². The molecule has 0 aliphatic carbocycles. The molecular formula is C26H28F2O2. The van der Waals surface area contributed by atoms with Crippen LogP contribution >= 0.6 is 0 Å². The smallest absolute Gasteiger partial charge is 0.426 e. The van der Waals surface area contributed by atoms with Crippen LogP contribution in [0, 0.1) is 0 Å². The molecular weight excluding hydrogens is 382 g/mol. The molecule has 0 amide bonds. The number of aryl methyl sites for hydroxylation is 3. The van der Waals surface area contributed by atoms with Crippen molar-refractivity contribution in [2.24, 2.45) is 0 Å². The van der Waals surface area contributed by atoms with Crippen LogP contribution in [0.4, 0.5) is 8.78 Å². The van der Waals surface area contributed by atoms with Gasteiger partial charge in [0, 0.05) is 0 Å². The summed E-state index contributed by atoms with van der Waals surface area (Å²) in [4.78, 5) is 0. The SMILES string of the molecule is CCCc1ccc(CCc2ccc(OC(F)(F)c3ccc(OCC)cc3)cc2)cc1. The summed E-state index contributed by atoms with van der Waals surface area (Å²) in [5.74, 6) is 0.697. The van der Waals surface area contributed by atoms with E-state index < -0.39 is 6.11 Å². The second kappa shape index (κ2) is 10.2. The van der Waals surface area contributed by atoms with Gasteiger partial charge in [0.15, 0.2) is 0 Å². The third-order valence-corrected chi connectivity index (χ3v) is 4.93. The van der Waals surface area contributed by atoms with Gasteiger partial charge in [-0.3, -0.25) is 0 Å². The minimum absolute atomic E-state index is 0.140. The first-order valence-corrected chi connectivity index (χ1v) is 10.5. The van der Waals surface area contributed by atoms with Crippen molar-refractivity contribution in [3.63, 3.8) is 0 Å². The van der Waals surface area contributed by atoms with E-state index >= 15 is 0 Å². The summed E-state index contributed by atoms with van der Waals surface area (Å²) in [5, 5.41) is 0. The number of benzene rings is 3. The van der Waals surface area contributed by atoms with Gasteiger partial charge < -0.3 is 9.47 Å². The average molecular weight is 411 g/mol. The highest BCUT2D eigenvalue weighted by molar-refractivity contribution is 5.32. The molecule has 0 spiro atoms. The van der Waals surface area contributed by atoms with Crippen molar-refractivity contribution in [1.82, 2.24) is 0 Å². The van der Waals surface area contributed by atoms with Gasteiger partial charge in [0.1, 0.15) is 11.5 Å². The lowest BCUT2D eigenvalue weighted by molar-refractivity contribution is -0.185. The molecule has 158 valence electrons. The Bertz CT molecular complexity index is 901. The third kappa shape index (κ3) is 6.06. The maximum absolute atomic E-state index is 14.5. The lowest BCUT2D eigenvalue weighted by Gasteiger charge is -2.18. The van der Waals surface area contributed by atoms with E-state index in [1.54, 1.807) is 12.1 Å². The van der Waals surface area contributed by atoms with Crippen LogP contribution in [-0.2, 0) is 25.4 Å². The van der Waals surface area contributed by atoms with Gasteiger partial charge in [-0.05, 0) is 79.3 Å². The summed E-state index contributed by atoms with van der Waals surface area (Å²) in [7, 11) is 0. The highest BCUT2D eigenvalue weighted by Crippen LogP contribution is 2.32. The fraction of sp³-hybridized carbons (Fsp3) is 0.308. The van der Waals surface area contributed by atoms with E-state index in [9.17, 15) is 8.78 Å². The molecule has 30 heavy (non-hydrogen) atoms. The van der Waals surface area contributed by atoms with E-state index in [0.717, 1.165) is 31.2 Å². The van der Waals surface area contributed by atoms with E-state index in [1.807, 2.05) is 19.1 Å². The van der Waals surface area contributed by atoms with Crippen molar-refractivity contribution in [2.75, 3.05) is 6.61 Å². The zero-order chi connectivity index (χ0) is 21.4. The number of hydrogen-bond acceptors (Lipinski definition) is 2. The van der Waals surface area contributed by atoms with Crippen LogP contribution in [0.5, 0.6) is 11.5 Å². The molecule has 0 aromatic heterocycles. The lowest BCUT2D eigenvalue weighted by Crippen LogP contribution is -2.21. The first-order valence-electron chi connectivity index (χ1n) is 10.5. The number of hydrogen-bond donors (Lipinski definition) is 0. The minimum atomic E-state index is -3.41. The Morgan fingerprint density at radius 2 is 1.10 bits per heavy atom. The first-order chi connectivity index (χ1) is 14.5. The standard InChI is InChI=1S/C26H28F2O2/c1-3-5-20-6-8-21(9-7-20)10-11-22-12-16-25(17-13-22)30-26(27,28)23-14-18-24(19-15-23)29-4-2/h6-9,12-19H,3-5,10-11H2,1-2H3. The van der Waals surface area contributed by atoms with Crippen LogP contribution in [0.15, 0.2) is 72.8 Å². The van der Waals surface area contributed by atoms with Crippen molar-refractivity contribution >= 4 is 0 Å². The Balaban J connectivity index is 1.56. The second-order valence-corrected chi connectivity index (χ2v) is 7.29. The highest BCUT2D eigenvalue weighted by atomic mass is 19.3. The van der Waals surface area contributed by atoms with Crippen LogP contribution in [0.1, 0.15) is 42.5 Å². The van der Waals surface area contributed by atoms with Gasteiger partial charge in [-0.2, -0.15) is 8.78 Å². The molecule has 3 aromatic carbocycles. The monoisotopic (exact) mass is 410 g/mol. The molecule has 0 atom stereocenters. The summed E-state index contributed by atoms with van der Waals surface area (Å²) in [5.41, 5.74) is 3.51. The fourth-order valence-electron chi connectivity index (χ4n) is 3.29. The lowest BCUT2D eigenvalue weighted by atomic mass is 10.0. The van der Waals surface area contributed by atoms with E-state index in [-0.39, 0.29) is 11.3 Å². The summed E-state index contributed by atoms with van der Waals surface area (Å²) >= 11 is 0. The molecule has 4 heteroatoms. The first kappa shape index (κ1) is 21.8. The normalized spacial score (nSPS) is 11.3. The largest absolute Gasteiger partial charge is 0.494 e. The number of halogens is 2. The molecule has 0 radical (unpaired) electrons. The van der Waals surface area contributed by atoms with Gasteiger partial charge >= 0.3 is 6.11 Å². The Labute approximate surface area is 177 Å². The molecule has 0 aliphatic rings. The second-order valence-electron chi connectivity index (χ2n) is 7.29. The van der Waals surface area contributed by atoms with Crippen LogP contribution in [0.25, 0.3) is 0 Å². The Morgan fingerprint density at radius 1 is 0.633 bits per heavy atom. The van der Waals surface area contributed by atoms with Crippen molar-refractivity contribution in [3.8, 4) is 11.5 Å². The Hall–Kier alpha value is -2.88. The zero-order valence-corrected chi connectivity index (χ0v) is 17.5. The van der Waals surface area contributed by atoms with Gasteiger partial charge in [-0.1, -0.05) is 49.7 Å². The molecule has 0 bridgehead atoms. The maximum Gasteiger partial charge on any atom is 0.426 e. The fourth-order valence-corrected chi connectivity index (χ4v) is 3.29. The predicted molar refractivity (Wildman–Crippen MR) is 116 cm³/mol. The topological polar surface area (TPSA) is 18.5 Å². The van der Waals surface area contributed by atoms with Gasteiger partial charge in [0.05, 0.1) is 12.2 Å². The van der Waals surface area contributed by atoms with E-state index in [4.69, 9.17) is 9.47 Å². The molecule has 0 N–H and O–H groups in total. The number of rotatable bonds is 10. The molecule has 0 saturated heterocycles. The molecule has 0 fully saturated rings. The van der Waals surface area contributed by atoms with Gasteiger partial charge in [-0.15, -0.1) is 0 Å². The third-order valence-electron chi connectivity index (χ3n) is 4.93. The summed E-state index contributed by atoms with van der Waals surface area (Å²) in [6.45, 7) is 4.51. The zero-order valence-electron chi connectivity index (χ0n) is 17.5. The summed E-state index contributed by atoms with van der Waals surface area (Å²) < 4.78 is 39.2. The quantitative estimate of drug-likeness (QED) is 0.360. The summed E-state index contributed by atoms with van der Waals surface area (Å²) in [6, 6.07) is 21.3. The van der Waals surface area contributed by atoms with Crippen molar-refractivity contribution in [1.29, 1.82) is 0 Å². The molecule has 0 unspecified atom stereocenters. The van der Waals surface area contributed by atoms with Gasteiger partial charge in [-0.25, -0.2) is 0 Å². The van der Waals surface area contributed by atoms with Crippen LogP contribution < -0.4 is 9.47 Å². The molecule has 2 nitrogen and oxygen atoms in total. The molecule has 0 aliphatic heterocycles. The number of alkyl halides is 2. The van der Waals surface area contributed by atoms with Gasteiger partial charge in [0.25, 0.3) is 0 Å². The van der Waals surface area contributed by atoms with E-state index in [2.05, 4.69) is 31.2 Å². The van der Waals surface area contributed by atoms with Crippen molar-refractivity contribution in [3.05, 3.63) is 95.1 Å². The summed E-state index contributed by atoms with van der Waals surface area (Å²) in [6.07, 6.45) is 0.596. The maximum atomic E-state index is 14.5. The minimum Gasteiger partial charge on any atom is -0.494 e. The molecule has 3 aromatic rings. The predicted octanol–water partition coefficient (Wildman–Crippen LogP) is 6.95. The van der Waals surface area contributed by atoms with E-state index in [1.165, 1.54) is 35.4 Å². The van der Waals surface area contributed by atoms with Crippen LogP contribution in [0.2, 0.25) is 0 Å². The van der Waals surface area contributed by atoms with Crippen molar-refractivity contribution < 1.29 is 18.3 Å². The molecule has 3 rings (SSSR count).